The number of carbonyl (C=O) groups is 2. The molecule has 4 aromatic rings. The minimum atomic E-state index is -0.655. The van der Waals surface area contributed by atoms with Gasteiger partial charge in [0.05, 0.1) is 43.1 Å². The van der Waals surface area contributed by atoms with Gasteiger partial charge in [-0.15, -0.1) is 0 Å². The Hall–Kier alpha value is -4.87. The number of methoxy groups -OCH3 is 2. The maximum atomic E-state index is 13.4. The number of ether oxygens (including phenoxy) is 3. The number of amides is 3. The number of fused-ring (bicyclic) bond motifs is 1. The van der Waals surface area contributed by atoms with Gasteiger partial charge in [-0.05, 0) is 47.7 Å². The van der Waals surface area contributed by atoms with Crippen LogP contribution in [0.25, 0.3) is 10.8 Å². The number of anilines is 3. The molecular formula is C34H39N5O6. The first kappa shape index (κ1) is 31.6. The number of aliphatic hydroxyl groups is 1. The molecule has 1 saturated heterocycles. The van der Waals surface area contributed by atoms with Crippen molar-refractivity contribution < 1.29 is 28.9 Å². The van der Waals surface area contributed by atoms with Gasteiger partial charge < -0.3 is 30.0 Å². The zero-order valence-electron chi connectivity index (χ0n) is 26.1. The third kappa shape index (κ3) is 7.62. The molecule has 0 spiro atoms. The van der Waals surface area contributed by atoms with Gasteiger partial charge in [-0.2, -0.15) is 0 Å². The van der Waals surface area contributed by atoms with Crippen molar-refractivity contribution in [2.45, 2.75) is 45.3 Å². The van der Waals surface area contributed by atoms with Gasteiger partial charge in [-0.25, -0.2) is 9.59 Å². The molecule has 0 bridgehead atoms. The predicted molar refractivity (Wildman–Crippen MR) is 175 cm³/mol. The number of likely N-dealkylation sites (tertiary alicyclic amines) is 1. The number of rotatable bonds is 8. The van der Waals surface area contributed by atoms with E-state index in [4.69, 9.17) is 14.2 Å². The van der Waals surface area contributed by atoms with E-state index in [9.17, 15) is 14.7 Å². The number of nitrogens with one attached hydrogen (secondary N) is 3. The van der Waals surface area contributed by atoms with E-state index in [1.165, 1.54) is 14.2 Å². The molecular weight excluding hydrogens is 574 g/mol. The molecule has 3 amide bonds. The third-order valence-corrected chi connectivity index (χ3v) is 7.61. The fraction of sp³-hybridized carbons (Fsp3) is 0.324. The summed E-state index contributed by atoms with van der Waals surface area (Å²) in [6, 6.07) is 18.1. The minimum absolute atomic E-state index is 0.287. The Morgan fingerprint density at radius 1 is 0.956 bits per heavy atom. The van der Waals surface area contributed by atoms with Gasteiger partial charge in [0.2, 0.25) is 0 Å². The van der Waals surface area contributed by atoms with Crippen LogP contribution in [-0.2, 0) is 16.7 Å². The summed E-state index contributed by atoms with van der Waals surface area (Å²) in [6.45, 7) is 8.20. The van der Waals surface area contributed by atoms with E-state index in [1.54, 1.807) is 24.4 Å². The summed E-state index contributed by atoms with van der Waals surface area (Å²) in [7, 11) is 2.74. The summed E-state index contributed by atoms with van der Waals surface area (Å²) in [6.07, 6.45) is 1.54. The highest BCUT2D eigenvalue weighted by Gasteiger charge is 2.23. The fourth-order valence-corrected chi connectivity index (χ4v) is 5.29. The molecule has 1 aliphatic heterocycles. The van der Waals surface area contributed by atoms with Crippen LogP contribution < -0.4 is 25.4 Å². The third-order valence-electron chi connectivity index (χ3n) is 7.61. The zero-order valence-corrected chi connectivity index (χ0v) is 26.1. The van der Waals surface area contributed by atoms with Crippen molar-refractivity contribution in [2.24, 2.45) is 0 Å². The second-order valence-electron chi connectivity index (χ2n) is 12.0. The molecule has 45 heavy (non-hydrogen) atoms. The van der Waals surface area contributed by atoms with Crippen LogP contribution in [0.1, 0.15) is 38.4 Å². The van der Waals surface area contributed by atoms with Crippen LogP contribution in [0.2, 0.25) is 0 Å². The number of β-amino-alcohol motifs (C(OH)–C–C–N with tert-alkyl or cyclic N) is 1. The number of pyridine rings is 1. The van der Waals surface area contributed by atoms with Crippen LogP contribution in [0, 0.1) is 0 Å². The highest BCUT2D eigenvalue weighted by Crippen LogP contribution is 2.39. The molecule has 4 N–H and O–H groups in total. The van der Waals surface area contributed by atoms with Crippen LogP contribution >= 0.6 is 0 Å². The molecule has 5 rings (SSSR count). The van der Waals surface area contributed by atoms with E-state index in [2.05, 4.69) is 25.8 Å². The first-order chi connectivity index (χ1) is 21.5. The van der Waals surface area contributed by atoms with Gasteiger partial charge in [-0.3, -0.25) is 15.2 Å². The van der Waals surface area contributed by atoms with E-state index >= 15 is 0 Å². The molecule has 3 aromatic carbocycles. The van der Waals surface area contributed by atoms with E-state index in [0.717, 1.165) is 35.0 Å². The van der Waals surface area contributed by atoms with Crippen LogP contribution in [0.3, 0.4) is 0 Å². The first-order valence-corrected chi connectivity index (χ1v) is 14.7. The summed E-state index contributed by atoms with van der Waals surface area (Å²) in [5.74, 6) is 1.56. The molecule has 1 fully saturated rings. The van der Waals surface area contributed by atoms with E-state index in [0.29, 0.717) is 41.7 Å². The predicted octanol–water partition coefficient (Wildman–Crippen LogP) is 6.72. The largest absolute Gasteiger partial charge is 0.492 e. The molecule has 0 aliphatic carbocycles. The first-order valence-electron chi connectivity index (χ1n) is 14.7. The Labute approximate surface area is 262 Å². The number of carbonyl (C=O) groups excluding carboxylic acids is 2. The minimum Gasteiger partial charge on any atom is -0.492 e. The maximum Gasteiger partial charge on any atom is 0.411 e. The molecule has 0 unspecified atom stereocenters. The molecule has 1 aliphatic rings. The van der Waals surface area contributed by atoms with Crippen molar-refractivity contribution in [3.63, 3.8) is 0 Å². The lowest BCUT2D eigenvalue weighted by Gasteiger charge is -2.24. The number of benzene rings is 3. The topological polar surface area (TPSA) is 134 Å². The normalized spacial score (nSPS) is 15.0. The fourth-order valence-electron chi connectivity index (χ4n) is 5.29. The van der Waals surface area contributed by atoms with Gasteiger partial charge in [0, 0.05) is 42.7 Å². The number of aliphatic hydroxyl groups excluding tert-OH is 1. The second-order valence-corrected chi connectivity index (χ2v) is 12.0. The standard InChI is InChI=1S/C34H39N5O6/c1-34(2,3)21-16-28(31(43-4)29(17-21)38-33(42)44-5)37-32(41)36-27-10-11-30(26-9-7-6-8-25(26)27)45-24-12-14-35-22(18-24)19-39-15-13-23(40)20-39/h6-12,14,16-18,23,40H,13,15,19-20H2,1-5H3,(H,38,42)(H2,36,37,41)/t23-/m0/s1. The van der Waals surface area contributed by atoms with Crippen molar-refractivity contribution in [1.82, 2.24) is 9.88 Å². The molecule has 2 heterocycles. The Morgan fingerprint density at radius 3 is 2.33 bits per heavy atom. The van der Waals surface area contributed by atoms with Crippen molar-refractivity contribution in [1.29, 1.82) is 0 Å². The van der Waals surface area contributed by atoms with Crippen LogP contribution in [0.15, 0.2) is 66.9 Å². The van der Waals surface area contributed by atoms with Crippen LogP contribution in [0.5, 0.6) is 17.2 Å². The van der Waals surface area contributed by atoms with Gasteiger partial charge >= 0.3 is 12.1 Å². The number of hydrogen-bond acceptors (Lipinski definition) is 8. The number of urea groups is 1. The average molecular weight is 614 g/mol. The smallest absolute Gasteiger partial charge is 0.411 e. The Bertz CT molecular complexity index is 1700. The summed E-state index contributed by atoms with van der Waals surface area (Å²) < 4.78 is 16.7. The SMILES string of the molecule is COC(=O)Nc1cc(C(C)(C)C)cc(NC(=O)Nc2ccc(Oc3ccnc(CN4CC[C@H](O)C4)c3)c3ccccc23)c1OC. The number of nitrogens with zero attached hydrogens (tertiary/aromatic N) is 2. The molecule has 0 saturated carbocycles. The van der Waals surface area contributed by atoms with Crippen molar-refractivity contribution in [2.75, 3.05) is 43.3 Å². The quantitative estimate of drug-likeness (QED) is 0.172. The van der Waals surface area contributed by atoms with Gasteiger partial charge in [-0.1, -0.05) is 45.0 Å². The van der Waals surface area contributed by atoms with Crippen LogP contribution in [0.4, 0.5) is 26.7 Å². The van der Waals surface area contributed by atoms with Crippen molar-refractivity contribution >= 4 is 40.0 Å². The van der Waals surface area contributed by atoms with Crippen molar-refractivity contribution in [3.05, 3.63) is 78.1 Å². The van der Waals surface area contributed by atoms with Gasteiger partial charge in [0.15, 0.2) is 5.75 Å². The molecule has 0 radical (unpaired) electrons. The molecule has 11 heteroatoms. The number of aromatic nitrogens is 1. The summed E-state index contributed by atoms with van der Waals surface area (Å²) >= 11 is 0. The number of hydrogen-bond donors (Lipinski definition) is 4. The lowest BCUT2D eigenvalue weighted by atomic mass is 9.86. The summed E-state index contributed by atoms with van der Waals surface area (Å²) in [5, 5.41) is 20.0. The molecule has 1 atom stereocenters. The summed E-state index contributed by atoms with van der Waals surface area (Å²) in [5.41, 5.74) is 2.78. The Kier molecular flexibility index (Phi) is 9.40. The van der Waals surface area contributed by atoms with E-state index in [1.807, 2.05) is 63.2 Å². The van der Waals surface area contributed by atoms with E-state index in [-0.39, 0.29) is 17.3 Å². The van der Waals surface area contributed by atoms with Crippen molar-refractivity contribution in [3.8, 4) is 17.2 Å². The monoisotopic (exact) mass is 613 g/mol. The molecule has 236 valence electrons. The highest BCUT2D eigenvalue weighted by molar-refractivity contribution is 6.08. The zero-order chi connectivity index (χ0) is 32.1. The van der Waals surface area contributed by atoms with Gasteiger partial charge in [0.25, 0.3) is 0 Å². The highest BCUT2D eigenvalue weighted by atomic mass is 16.5. The van der Waals surface area contributed by atoms with E-state index < -0.39 is 12.1 Å². The molecule has 11 nitrogen and oxygen atoms in total. The second kappa shape index (κ2) is 13.4. The molecule has 1 aromatic heterocycles. The summed E-state index contributed by atoms with van der Waals surface area (Å²) in [4.78, 5) is 32.1. The van der Waals surface area contributed by atoms with Gasteiger partial charge in [0.1, 0.15) is 11.5 Å². The Balaban J connectivity index is 1.37. The Morgan fingerprint density at radius 2 is 1.67 bits per heavy atom. The van der Waals surface area contributed by atoms with Crippen LogP contribution in [-0.4, -0.2) is 60.5 Å². The lowest BCUT2D eigenvalue weighted by Crippen LogP contribution is -2.22. The maximum absolute atomic E-state index is 13.4. The lowest BCUT2D eigenvalue weighted by molar-refractivity contribution is 0.174. The average Bonchev–Trinajstić information content (AvgIpc) is 3.42.